The molecule has 0 radical (unpaired) electrons. The number of fused-ring (bicyclic) bond motifs is 1. The molecule has 5 heteroatoms. The van der Waals surface area contributed by atoms with E-state index in [9.17, 15) is 4.79 Å². The molecule has 2 N–H and O–H groups in total. The van der Waals surface area contributed by atoms with Crippen LogP contribution in [0.4, 0.5) is 10.5 Å². The van der Waals surface area contributed by atoms with E-state index in [0.717, 1.165) is 23.7 Å². The molecule has 1 aromatic heterocycles. The lowest BCUT2D eigenvalue weighted by Gasteiger charge is -2.13. The Labute approximate surface area is 111 Å². The van der Waals surface area contributed by atoms with Gasteiger partial charge in [0.1, 0.15) is 6.23 Å². The first kappa shape index (κ1) is 11.9. The van der Waals surface area contributed by atoms with E-state index >= 15 is 0 Å². The first-order valence-corrected chi connectivity index (χ1v) is 6.36. The summed E-state index contributed by atoms with van der Waals surface area (Å²) in [6.07, 6.45) is 3.39. The van der Waals surface area contributed by atoms with Gasteiger partial charge in [-0.1, -0.05) is 18.2 Å². The number of aromatic nitrogens is 1. The average Bonchev–Trinajstić information content (AvgIpc) is 2.92. The number of benzene rings is 1. The van der Waals surface area contributed by atoms with Gasteiger partial charge in [0, 0.05) is 18.2 Å². The number of nitrogens with zero attached hydrogens (tertiary/aromatic N) is 1. The number of nitrogens with one attached hydrogen (secondary N) is 2. The Morgan fingerprint density at radius 3 is 3.05 bits per heavy atom. The molecule has 98 valence electrons. The summed E-state index contributed by atoms with van der Waals surface area (Å²) in [5.74, 6) is 0. The van der Waals surface area contributed by atoms with E-state index in [1.165, 1.54) is 0 Å². The van der Waals surface area contributed by atoms with Gasteiger partial charge in [-0.3, -0.25) is 4.98 Å². The molecule has 1 aliphatic rings. The molecule has 1 saturated heterocycles. The van der Waals surface area contributed by atoms with E-state index in [1.807, 2.05) is 30.3 Å². The van der Waals surface area contributed by atoms with E-state index in [4.69, 9.17) is 4.74 Å². The molecular formula is C14H15N3O2. The fraction of sp³-hybridized carbons (Fsp3) is 0.286. The van der Waals surface area contributed by atoms with Gasteiger partial charge in [-0.05, 0) is 25.0 Å². The summed E-state index contributed by atoms with van der Waals surface area (Å²) in [6.45, 7) is 0.709. The van der Waals surface area contributed by atoms with E-state index in [-0.39, 0.29) is 12.3 Å². The van der Waals surface area contributed by atoms with Crippen LogP contribution in [0.5, 0.6) is 0 Å². The van der Waals surface area contributed by atoms with E-state index < -0.39 is 0 Å². The zero-order valence-corrected chi connectivity index (χ0v) is 10.4. The predicted octanol–water partition coefficient (Wildman–Crippen LogP) is 2.49. The van der Waals surface area contributed by atoms with Crippen molar-refractivity contribution < 1.29 is 9.53 Å². The normalized spacial score (nSPS) is 18.4. The summed E-state index contributed by atoms with van der Waals surface area (Å²) in [5.41, 5.74) is 1.49. The van der Waals surface area contributed by atoms with Crippen LogP contribution in [0, 0.1) is 0 Å². The van der Waals surface area contributed by atoms with Gasteiger partial charge in [0.05, 0.1) is 11.2 Å². The van der Waals surface area contributed by atoms with Crippen LogP contribution in [-0.2, 0) is 4.74 Å². The molecule has 5 nitrogen and oxygen atoms in total. The minimum atomic E-state index is -0.259. The number of pyridine rings is 1. The third-order valence-electron chi connectivity index (χ3n) is 3.10. The number of anilines is 1. The number of hydrogen-bond donors (Lipinski definition) is 2. The van der Waals surface area contributed by atoms with E-state index in [1.54, 1.807) is 6.20 Å². The van der Waals surface area contributed by atoms with E-state index in [2.05, 4.69) is 15.6 Å². The second-order valence-corrected chi connectivity index (χ2v) is 4.48. The predicted molar refractivity (Wildman–Crippen MR) is 72.9 cm³/mol. The molecule has 0 bridgehead atoms. The standard InChI is InChI=1S/C14H15N3O2/c18-14(17-12-7-3-9-19-12)16-11-6-1-4-10-5-2-8-15-13(10)11/h1-2,4-6,8,12H,3,7,9H2,(H2,16,17,18). The number of amides is 2. The van der Waals surface area contributed by atoms with Crippen molar-refractivity contribution in [1.29, 1.82) is 0 Å². The minimum absolute atomic E-state index is 0.178. The first-order chi connectivity index (χ1) is 9.33. The van der Waals surface area contributed by atoms with E-state index in [0.29, 0.717) is 12.3 Å². The van der Waals surface area contributed by atoms with Crippen LogP contribution in [0.3, 0.4) is 0 Å². The molecule has 0 aliphatic carbocycles. The largest absolute Gasteiger partial charge is 0.358 e. The lowest BCUT2D eigenvalue weighted by atomic mass is 10.2. The highest BCUT2D eigenvalue weighted by Crippen LogP contribution is 2.20. The molecular weight excluding hydrogens is 242 g/mol. The van der Waals surface area contributed by atoms with Crippen LogP contribution in [0.1, 0.15) is 12.8 Å². The van der Waals surface area contributed by atoms with Gasteiger partial charge >= 0.3 is 6.03 Å². The van der Waals surface area contributed by atoms with Crippen LogP contribution in [0.2, 0.25) is 0 Å². The van der Waals surface area contributed by atoms with Crippen molar-refractivity contribution >= 4 is 22.6 Å². The third kappa shape index (κ3) is 2.66. The van der Waals surface area contributed by atoms with Crippen LogP contribution >= 0.6 is 0 Å². The topological polar surface area (TPSA) is 63.2 Å². The highest BCUT2D eigenvalue weighted by atomic mass is 16.5. The van der Waals surface area contributed by atoms with Crippen molar-refractivity contribution in [1.82, 2.24) is 10.3 Å². The molecule has 1 atom stereocenters. The van der Waals surface area contributed by atoms with Gasteiger partial charge in [0.25, 0.3) is 0 Å². The highest BCUT2D eigenvalue weighted by molar-refractivity contribution is 5.99. The Morgan fingerprint density at radius 2 is 2.21 bits per heavy atom. The average molecular weight is 257 g/mol. The van der Waals surface area contributed by atoms with Gasteiger partial charge in [-0.2, -0.15) is 0 Å². The van der Waals surface area contributed by atoms with Crippen LogP contribution in [0.15, 0.2) is 36.5 Å². The molecule has 1 aliphatic heterocycles. The third-order valence-corrected chi connectivity index (χ3v) is 3.10. The quantitative estimate of drug-likeness (QED) is 0.868. The van der Waals surface area contributed by atoms with Crippen molar-refractivity contribution in [3.63, 3.8) is 0 Å². The zero-order chi connectivity index (χ0) is 13.1. The fourth-order valence-corrected chi connectivity index (χ4v) is 2.20. The summed E-state index contributed by atoms with van der Waals surface area (Å²) in [6, 6.07) is 9.27. The lowest BCUT2D eigenvalue weighted by molar-refractivity contribution is 0.0928. The maximum atomic E-state index is 11.9. The van der Waals surface area contributed by atoms with Crippen molar-refractivity contribution in [2.45, 2.75) is 19.1 Å². The van der Waals surface area contributed by atoms with Crippen LogP contribution < -0.4 is 10.6 Å². The molecule has 0 saturated carbocycles. The van der Waals surface area contributed by atoms with Crippen LogP contribution in [-0.4, -0.2) is 23.8 Å². The van der Waals surface area contributed by atoms with Gasteiger partial charge in [0.2, 0.25) is 0 Å². The van der Waals surface area contributed by atoms with Crippen molar-refractivity contribution in [3.05, 3.63) is 36.5 Å². The number of rotatable bonds is 2. The Balaban J connectivity index is 1.75. The Hall–Kier alpha value is -2.14. The molecule has 3 rings (SSSR count). The minimum Gasteiger partial charge on any atom is -0.358 e. The Kier molecular flexibility index (Phi) is 3.29. The monoisotopic (exact) mass is 257 g/mol. The van der Waals surface area contributed by atoms with Crippen LogP contribution in [0.25, 0.3) is 10.9 Å². The molecule has 1 unspecified atom stereocenters. The summed E-state index contributed by atoms with van der Waals surface area (Å²) < 4.78 is 5.36. The molecule has 2 heterocycles. The molecule has 19 heavy (non-hydrogen) atoms. The molecule has 1 aromatic carbocycles. The molecule has 1 fully saturated rings. The number of para-hydroxylation sites is 1. The van der Waals surface area contributed by atoms with Gasteiger partial charge < -0.3 is 15.4 Å². The summed E-state index contributed by atoms with van der Waals surface area (Å²) >= 11 is 0. The SMILES string of the molecule is O=C(Nc1cccc2cccnc12)NC1CCCO1. The number of carbonyl (C=O) groups is 1. The number of ether oxygens (including phenoxy) is 1. The summed E-state index contributed by atoms with van der Waals surface area (Å²) in [5, 5.41) is 6.61. The molecule has 2 aromatic rings. The van der Waals surface area contributed by atoms with Gasteiger partial charge in [0.15, 0.2) is 0 Å². The van der Waals surface area contributed by atoms with Crippen molar-refractivity contribution in [3.8, 4) is 0 Å². The van der Waals surface area contributed by atoms with Crippen molar-refractivity contribution in [2.24, 2.45) is 0 Å². The maximum absolute atomic E-state index is 11.9. The fourth-order valence-electron chi connectivity index (χ4n) is 2.20. The second kappa shape index (κ2) is 5.24. The van der Waals surface area contributed by atoms with Gasteiger partial charge in [-0.15, -0.1) is 0 Å². The number of urea groups is 1. The lowest BCUT2D eigenvalue weighted by Crippen LogP contribution is -2.37. The highest BCUT2D eigenvalue weighted by Gasteiger charge is 2.17. The maximum Gasteiger partial charge on any atom is 0.321 e. The smallest absolute Gasteiger partial charge is 0.321 e. The zero-order valence-electron chi connectivity index (χ0n) is 10.4. The Morgan fingerprint density at radius 1 is 1.32 bits per heavy atom. The van der Waals surface area contributed by atoms with Gasteiger partial charge in [-0.25, -0.2) is 4.79 Å². The second-order valence-electron chi connectivity index (χ2n) is 4.48. The number of carbonyl (C=O) groups excluding carboxylic acids is 1. The Bertz CT molecular complexity index is 589. The number of hydrogen-bond acceptors (Lipinski definition) is 3. The molecule has 0 spiro atoms. The summed E-state index contributed by atoms with van der Waals surface area (Å²) in [4.78, 5) is 16.2. The molecule has 2 amide bonds. The first-order valence-electron chi connectivity index (χ1n) is 6.36. The van der Waals surface area contributed by atoms with Crippen molar-refractivity contribution in [2.75, 3.05) is 11.9 Å². The summed E-state index contributed by atoms with van der Waals surface area (Å²) in [7, 11) is 0.